The molecule has 1 fully saturated rings. The Bertz CT molecular complexity index is 1600. The lowest BCUT2D eigenvalue weighted by Crippen LogP contribution is -2.59. The number of fused-ring (bicyclic) bond motifs is 2. The Morgan fingerprint density at radius 2 is 1.35 bits per heavy atom. The second-order valence-electron chi connectivity index (χ2n) is 11.1. The Kier molecular flexibility index (Phi) is 5.43. The zero-order valence-corrected chi connectivity index (χ0v) is 21.6. The molecule has 1 nitrogen and oxygen atoms in total. The van der Waals surface area contributed by atoms with Gasteiger partial charge in [-0.2, -0.15) is 0 Å². The molecule has 2 heteroatoms. The molecule has 2 heterocycles. The molecule has 182 valence electrons. The molecule has 0 bridgehead atoms. The third-order valence-electron chi connectivity index (χ3n) is 8.96. The summed E-state index contributed by atoms with van der Waals surface area (Å²) in [6, 6.07) is 41.0. The first kappa shape index (κ1) is 22.4. The summed E-state index contributed by atoms with van der Waals surface area (Å²) in [6.07, 6.45) is 7.33. The van der Waals surface area contributed by atoms with Gasteiger partial charge in [0.2, 0.25) is 5.76 Å². The first-order valence-electron chi connectivity index (χ1n) is 13.9. The lowest BCUT2D eigenvalue weighted by Gasteiger charge is -2.39. The first-order chi connectivity index (χ1) is 18.3. The maximum Gasteiger partial charge on any atom is 0.420 e. The maximum absolute atomic E-state index is 3.78. The van der Waals surface area contributed by atoms with Gasteiger partial charge in [-0.15, -0.1) is 10.9 Å². The zero-order chi connectivity index (χ0) is 24.8. The molecule has 1 aromatic heterocycles. The van der Waals surface area contributed by atoms with Crippen LogP contribution < -0.4 is 10.9 Å². The number of rotatable bonds is 4. The summed E-state index contributed by atoms with van der Waals surface area (Å²) in [5, 5.41) is 2.60. The van der Waals surface area contributed by atoms with Gasteiger partial charge in [0.25, 0.3) is 0 Å². The molecule has 1 saturated carbocycles. The van der Waals surface area contributed by atoms with Crippen LogP contribution in [-0.4, -0.2) is 6.35 Å². The number of furan rings is 1. The fraction of sp³-hybridized carbons (Fsp3) is 0.200. The Labute approximate surface area is 220 Å². The summed E-state index contributed by atoms with van der Waals surface area (Å²) in [7, 11) is 0. The van der Waals surface area contributed by atoms with Crippen LogP contribution >= 0.6 is 0 Å². The highest BCUT2D eigenvalue weighted by atomic mass is 16.5. The van der Waals surface area contributed by atoms with E-state index in [1.165, 1.54) is 76.2 Å². The Balaban J connectivity index is 1.62. The molecule has 1 aliphatic heterocycles. The summed E-state index contributed by atoms with van der Waals surface area (Å²) < 4.78 is 3.78. The monoisotopic (exact) mass is 480 g/mol. The summed E-state index contributed by atoms with van der Waals surface area (Å²) in [5.41, 5.74) is 8.39. The van der Waals surface area contributed by atoms with Crippen molar-refractivity contribution >= 4 is 39.1 Å². The van der Waals surface area contributed by atoms with E-state index >= 15 is 0 Å². The summed E-state index contributed by atoms with van der Waals surface area (Å²) in [4.78, 5) is 0. The number of hydrogen-bond donors (Lipinski definition) is 0. The van der Waals surface area contributed by atoms with Crippen LogP contribution in [0.25, 0.3) is 21.8 Å². The van der Waals surface area contributed by atoms with Gasteiger partial charge in [0, 0.05) is 17.7 Å². The topological polar surface area (TPSA) is 2.70 Å². The van der Waals surface area contributed by atoms with Gasteiger partial charge in [-0.3, -0.25) is 0 Å². The van der Waals surface area contributed by atoms with Gasteiger partial charge in [0.05, 0.1) is 0 Å². The van der Waals surface area contributed by atoms with Crippen molar-refractivity contribution in [3.63, 3.8) is 0 Å². The van der Waals surface area contributed by atoms with Crippen molar-refractivity contribution in [1.82, 2.24) is 0 Å². The van der Waals surface area contributed by atoms with Crippen LogP contribution in [0.1, 0.15) is 49.0 Å². The molecule has 0 amide bonds. The molecule has 1 unspecified atom stereocenters. The molecule has 0 radical (unpaired) electrons. The molecule has 37 heavy (non-hydrogen) atoms. The molecule has 7 rings (SSSR count). The molecule has 1 atom stereocenters. The standard InChI is InChI=1S/C35H33BO/c1-26-18-22-32(23-19-26)36(31-15-6-3-7-16-31)35(30-21-20-27-11-8-9-14-29(27)25-30)34(28-12-4-2-5-13-28)33-17-10-24-37(33)36/h3,6-11,14-25,28H,2,4-5,12-13H2,1H3. The van der Waals surface area contributed by atoms with E-state index in [0.717, 1.165) is 0 Å². The van der Waals surface area contributed by atoms with E-state index in [-0.39, 0.29) is 0 Å². The molecule has 5 aromatic rings. The van der Waals surface area contributed by atoms with Crippen LogP contribution in [0, 0.1) is 12.8 Å². The highest BCUT2D eigenvalue weighted by Crippen LogP contribution is 2.52. The molecular formula is C35H33BO. The van der Waals surface area contributed by atoms with Gasteiger partial charge in [0.1, 0.15) is 0 Å². The van der Waals surface area contributed by atoms with Gasteiger partial charge in [-0.25, -0.2) is 0 Å². The third kappa shape index (κ3) is 3.46. The third-order valence-corrected chi connectivity index (χ3v) is 8.96. The van der Waals surface area contributed by atoms with Crippen molar-refractivity contribution in [2.45, 2.75) is 39.0 Å². The Morgan fingerprint density at radius 1 is 0.649 bits per heavy atom. The van der Waals surface area contributed by atoms with E-state index in [1.54, 1.807) is 5.57 Å². The van der Waals surface area contributed by atoms with E-state index in [2.05, 4.69) is 126 Å². The van der Waals surface area contributed by atoms with Crippen LogP contribution in [0.5, 0.6) is 0 Å². The second-order valence-corrected chi connectivity index (χ2v) is 11.1. The second kappa shape index (κ2) is 8.96. The van der Waals surface area contributed by atoms with E-state index < -0.39 is 6.35 Å². The molecule has 4 aromatic carbocycles. The molecule has 1 aliphatic carbocycles. The minimum atomic E-state index is -1.47. The van der Waals surface area contributed by atoms with Crippen molar-refractivity contribution in [2.24, 2.45) is 5.92 Å². The highest BCUT2D eigenvalue weighted by Gasteiger charge is 2.53. The predicted molar refractivity (Wildman–Crippen MR) is 159 cm³/mol. The SMILES string of the molecule is Cc1ccc([B-]2(c3ccccc3)C(c3ccc4ccccc4c3)=C(C3CCCCC3)c3ccc[o+]32)cc1. The quantitative estimate of drug-likeness (QED) is 0.181. The van der Waals surface area contributed by atoms with Crippen molar-refractivity contribution in [2.75, 3.05) is 0 Å². The highest BCUT2D eigenvalue weighted by molar-refractivity contribution is 7.12. The fourth-order valence-corrected chi connectivity index (χ4v) is 7.31. The van der Waals surface area contributed by atoms with Crippen LogP contribution in [0.4, 0.5) is 0 Å². The number of aryl methyl sites for hydroxylation is 1. The Hall–Kier alpha value is -3.78. The van der Waals surface area contributed by atoms with Crippen molar-refractivity contribution in [3.8, 4) is 0 Å². The molecular weight excluding hydrogens is 447 g/mol. The van der Waals surface area contributed by atoms with Gasteiger partial charge in [-0.1, -0.05) is 121 Å². The normalized spacial score (nSPS) is 19.9. The largest absolute Gasteiger partial charge is 0.777 e. The lowest BCUT2D eigenvalue weighted by atomic mass is 9.27. The first-order valence-corrected chi connectivity index (χ1v) is 13.9. The van der Waals surface area contributed by atoms with E-state index in [9.17, 15) is 0 Å². The van der Waals surface area contributed by atoms with Crippen LogP contribution in [-0.2, 0) is 0 Å². The maximum atomic E-state index is 3.78. The van der Waals surface area contributed by atoms with Gasteiger partial charge in [0.15, 0.2) is 6.26 Å². The average molecular weight is 480 g/mol. The summed E-state index contributed by atoms with van der Waals surface area (Å²) in [5.74, 6) is 1.91. The number of allylic oxidation sites excluding steroid dienone is 1. The summed E-state index contributed by atoms with van der Waals surface area (Å²) >= 11 is 0. The van der Waals surface area contributed by atoms with Crippen LogP contribution in [0.2, 0.25) is 0 Å². The summed E-state index contributed by atoms with van der Waals surface area (Å²) in [6.45, 7) is 2.18. The minimum Gasteiger partial charge on any atom is -0.777 e. The minimum absolute atomic E-state index is 0.578. The number of hydrogen-bond acceptors (Lipinski definition) is 0. The van der Waals surface area contributed by atoms with Crippen LogP contribution in [0.3, 0.4) is 0 Å². The molecule has 0 spiro atoms. The molecule has 0 saturated heterocycles. The zero-order valence-electron chi connectivity index (χ0n) is 21.6. The number of benzene rings is 4. The Morgan fingerprint density at radius 3 is 2.14 bits per heavy atom. The lowest BCUT2D eigenvalue weighted by molar-refractivity contribution is 0.363. The molecule has 2 aliphatic rings. The fourth-order valence-electron chi connectivity index (χ4n) is 7.31. The molecule has 0 N–H and O–H groups in total. The average Bonchev–Trinajstić information content (AvgIpc) is 3.54. The van der Waals surface area contributed by atoms with Crippen molar-refractivity contribution < 1.29 is 3.96 Å². The van der Waals surface area contributed by atoms with Crippen molar-refractivity contribution in [3.05, 3.63) is 132 Å². The van der Waals surface area contributed by atoms with Crippen molar-refractivity contribution in [1.29, 1.82) is 0 Å². The van der Waals surface area contributed by atoms with Gasteiger partial charge >= 0.3 is 6.35 Å². The van der Waals surface area contributed by atoms with Gasteiger partial charge in [-0.05, 0) is 48.1 Å². The van der Waals surface area contributed by atoms with E-state index in [0.29, 0.717) is 5.92 Å². The van der Waals surface area contributed by atoms with E-state index in [4.69, 9.17) is 0 Å². The van der Waals surface area contributed by atoms with E-state index in [1.807, 2.05) is 0 Å². The smallest absolute Gasteiger partial charge is 0.420 e. The van der Waals surface area contributed by atoms with Gasteiger partial charge < -0.3 is 3.96 Å². The predicted octanol–water partition coefficient (Wildman–Crippen LogP) is 8.08. The van der Waals surface area contributed by atoms with Crippen LogP contribution in [0.15, 0.2) is 119 Å².